The van der Waals surface area contributed by atoms with E-state index in [1.54, 1.807) is 25.3 Å². The van der Waals surface area contributed by atoms with Gasteiger partial charge in [-0.05, 0) is 17.7 Å². The second-order valence-electron chi connectivity index (χ2n) is 3.43. The molecule has 1 aromatic rings. The highest BCUT2D eigenvalue weighted by molar-refractivity contribution is 5.77. The van der Waals surface area contributed by atoms with E-state index in [1.165, 1.54) is 7.11 Å². The minimum atomic E-state index is -0.482. The number of carbonyl (C=O) groups excluding carboxylic acids is 1. The van der Waals surface area contributed by atoms with Crippen molar-refractivity contribution < 1.29 is 14.3 Å². The number of esters is 1. The van der Waals surface area contributed by atoms with E-state index in [0.29, 0.717) is 6.54 Å². The van der Waals surface area contributed by atoms with Gasteiger partial charge in [-0.1, -0.05) is 18.2 Å². The topological polar surface area (TPSA) is 47.6 Å². The van der Waals surface area contributed by atoms with Crippen molar-refractivity contribution in [3.8, 4) is 5.75 Å². The van der Waals surface area contributed by atoms with E-state index in [0.717, 1.165) is 11.3 Å². The van der Waals surface area contributed by atoms with E-state index in [2.05, 4.69) is 11.9 Å². The Morgan fingerprint density at radius 2 is 2.06 bits per heavy atom. The van der Waals surface area contributed by atoms with Crippen molar-refractivity contribution in [2.75, 3.05) is 20.8 Å². The van der Waals surface area contributed by atoms with Gasteiger partial charge in [-0.3, -0.25) is 5.32 Å². The van der Waals surface area contributed by atoms with Gasteiger partial charge in [0.25, 0.3) is 0 Å². The highest BCUT2D eigenvalue weighted by atomic mass is 16.5. The molecule has 0 amide bonds. The summed E-state index contributed by atoms with van der Waals surface area (Å²) in [5.41, 5.74) is 0.833. The third-order valence-electron chi connectivity index (χ3n) is 2.35. The van der Waals surface area contributed by atoms with Crippen molar-refractivity contribution in [1.29, 1.82) is 0 Å². The molecular formula is C13H17NO3. The fourth-order valence-electron chi connectivity index (χ4n) is 1.45. The van der Waals surface area contributed by atoms with Gasteiger partial charge in [0.15, 0.2) is 0 Å². The number of nitrogens with one attached hydrogen (secondary N) is 1. The number of ether oxygens (including phenoxy) is 2. The summed E-state index contributed by atoms with van der Waals surface area (Å²) in [6.07, 6.45) is 1.69. The second kappa shape index (κ2) is 6.70. The Kier molecular flexibility index (Phi) is 5.23. The van der Waals surface area contributed by atoms with Gasteiger partial charge in [0.1, 0.15) is 11.8 Å². The summed E-state index contributed by atoms with van der Waals surface area (Å²) >= 11 is 0. The number of benzene rings is 1. The Bertz CT molecular complexity index is 373. The van der Waals surface area contributed by atoms with Crippen molar-refractivity contribution in [1.82, 2.24) is 5.32 Å². The first-order valence-corrected chi connectivity index (χ1v) is 5.29. The largest absolute Gasteiger partial charge is 0.497 e. The molecule has 0 aromatic heterocycles. The zero-order valence-corrected chi connectivity index (χ0v) is 10.1. The number of rotatable bonds is 6. The molecule has 0 saturated heterocycles. The van der Waals surface area contributed by atoms with E-state index >= 15 is 0 Å². The summed E-state index contributed by atoms with van der Waals surface area (Å²) in [5, 5.41) is 3.04. The minimum Gasteiger partial charge on any atom is -0.497 e. The fraction of sp³-hybridized carbons (Fsp3) is 0.308. The Morgan fingerprint density at radius 3 is 2.53 bits per heavy atom. The molecule has 4 nitrogen and oxygen atoms in total. The number of hydrogen-bond donors (Lipinski definition) is 1. The predicted molar refractivity (Wildman–Crippen MR) is 66.0 cm³/mol. The van der Waals surface area contributed by atoms with Gasteiger partial charge in [-0.2, -0.15) is 0 Å². The quantitative estimate of drug-likeness (QED) is 0.602. The first-order valence-electron chi connectivity index (χ1n) is 5.29. The molecule has 0 aliphatic rings. The molecule has 0 bridgehead atoms. The highest BCUT2D eigenvalue weighted by Gasteiger charge is 2.19. The van der Waals surface area contributed by atoms with Crippen LogP contribution in [0.2, 0.25) is 0 Å². The van der Waals surface area contributed by atoms with Crippen LogP contribution in [-0.4, -0.2) is 26.7 Å². The summed E-state index contributed by atoms with van der Waals surface area (Å²) in [4.78, 5) is 11.6. The Balaban J connectivity index is 2.86. The van der Waals surface area contributed by atoms with Gasteiger partial charge < -0.3 is 9.47 Å². The molecule has 1 atom stereocenters. The van der Waals surface area contributed by atoms with Gasteiger partial charge >= 0.3 is 5.97 Å². The summed E-state index contributed by atoms with van der Waals surface area (Å²) in [6, 6.07) is 6.79. The third-order valence-corrected chi connectivity index (χ3v) is 2.35. The molecule has 1 aromatic carbocycles. The lowest BCUT2D eigenvalue weighted by atomic mass is 10.1. The van der Waals surface area contributed by atoms with Crippen LogP contribution in [0.4, 0.5) is 0 Å². The maximum atomic E-state index is 11.6. The van der Waals surface area contributed by atoms with Crippen LogP contribution in [-0.2, 0) is 9.53 Å². The maximum absolute atomic E-state index is 11.6. The summed E-state index contributed by atoms with van der Waals surface area (Å²) in [7, 11) is 2.97. The van der Waals surface area contributed by atoms with Gasteiger partial charge in [0.05, 0.1) is 14.2 Å². The van der Waals surface area contributed by atoms with E-state index in [-0.39, 0.29) is 5.97 Å². The first-order chi connectivity index (χ1) is 8.22. The lowest BCUT2D eigenvalue weighted by molar-refractivity contribution is -0.143. The molecule has 0 aliphatic carbocycles. The number of hydrogen-bond acceptors (Lipinski definition) is 4. The average Bonchev–Trinajstić information content (AvgIpc) is 2.39. The van der Waals surface area contributed by atoms with Gasteiger partial charge in [-0.25, -0.2) is 4.79 Å². The van der Waals surface area contributed by atoms with Crippen LogP contribution in [0, 0.1) is 0 Å². The molecule has 17 heavy (non-hydrogen) atoms. The Morgan fingerprint density at radius 1 is 1.41 bits per heavy atom. The van der Waals surface area contributed by atoms with Crippen LogP contribution in [0.25, 0.3) is 0 Å². The highest BCUT2D eigenvalue weighted by Crippen LogP contribution is 2.18. The molecular weight excluding hydrogens is 218 g/mol. The minimum absolute atomic E-state index is 0.322. The molecule has 0 aliphatic heterocycles. The lowest BCUT2D eigenvalue weighted by Crippen LogP contribution is -2.29. The number of methoxy groups -OCH3 is 2. The Labute approximate surface area is 101 Å². The van der Waals surface area contributed by atoms with Crippen molar-refractivity contribution in [3.05, 3.63) is 42.5 Å². The van der Waals surface area contributed by atoms with E-state index < -0.39 is 6.04 Å². The van der Waals surface area contributed by atoms with Crippen molar-refractivity contribution >= 4 is 5.97 Å². The third kappa shape index (κ3) is 3.60. The molecule has 1 rings (SSSR count). The molecule has 92 valence electrons. The summed E-state index contributed by atoms with van der Waals surface area (Å²) in [6.45, 7) is 4.14. The molecule has 0 heterocycles. The number of carbonyl (C=O) groups is 1. The van der Waals surface area contributed by atoms with E-state index in [4.69, 9.17) is 9.47 Å². The maximum Gasteiger partial charge on any atom is 0.327 e. The van der Waals surface area contributed by atoms with Crippen molar-refractivity contribution in [3.63, 3.8) is 0 Å². The standard InChI is InChI=1S/C13H17NO3/c1-4-9-14-12(13(15)17-3)10-5-7-11(16-2)8-6-10/h4-8,12,14H,1,9H2,2-3H3. The van der Waals surface area contributed by atoms with Gasteiger partial charge in [0.2, 0.25) is 0 Å². The van der Waals surface area contributed by atoms with E-state index in [1.807, 2.05) is 12.1 Å². The van der Waals surface area contributed by atoms with Crippen LogP contribution in [0.3, 0.4) is 0 Å². The van der Waals surface area contributed by atoms with Crippen LogP contribution in [0.15, 0.2) is 36.9 Å². The second-order valence-corrected chi connectivity index (χ2v) is 3.43. The molecule has 0 spiro atoms. The van der Waals surface area contributed by atoms with Gasteiger partial charge in [0, 0.05) is 6.54 Å². The SMILES string of the molecule is C=CCNC(C(=O)OC)c1ccc(OC)cc1. The van der Waals surface area contributed by atoms with Crippen LogP contribution in [0.5, 0.6) is 5.75 Å². The molecule has 1 N–H and O–H groups in total. The molecule has 0 saturated carbocycles. The molecule has 0 fully saturated rings. The molecule has 1 unspecified atom stereocenters. The first kappa shape index (κ1) is 13.3. The zero-order chi connectivity index (χ0) is 12.7. The predicted octanol–water partition coefficient (Wildman–Crippen LogP) is 1.68. The van der Waals surface area contributed by atoms with Crippen molar-refractivity contribution in [2.45, 2.75) is 6.04 Å². The summed E-state index contributed by atoms with van der Waals surface area (Å²) in [5.74, 6) is 0.429. The van der Waals surface area contributed by atoms with Crippen LogP contribution in [0.1, 0.15) is 11.6 Å². The van der Waals surface area contributed by atoms with Crippen LogP contribution < -0.4 is 10.1 Å². The molecule has 0 radical (unpaired) electrons. The normalized spacial score (nSPS) is 11.6. The Hall–Kier alpha value is -1.81. The summed E-state index contributed by atoms with van der Waals surface area (Å²) < 4.78 is 9.82. The van der Waals surface area contributed by atoms with Gasteiger partial charge in [-0.15, -0.1) is 6.58 Å². The monoisotopic (exact) mass is 235 g/mol. The average molecular weight is 235 g/mol. The van der Waals surface area contributed by atoms with E-state index in [9.17, 15) is 4.79 Å². The fourth-order valence-corrected chi connectivity index (χ4v) is 1.45. The smallest absolute Gasteiger partial charge is 0.327 e. The zero-order valence-electron chi connectivity index (χ0n) is 10.1. The molecule has 4 heteroatoms. The lowest BCUT2D eigenvalue weighted by Gasteiger charge is -2.16. The van der Waals surface area contributed by atoms with Crippen molar-refractivity contribution in [2.24, 2.45) is 0 Å². The van der Waals surface area contributed by atoms with Crippen LogP contribution >= 0.6 is 0 Å².